The smallest absolute Gasteiger partial charge is 0.220 e. The number of hydrogen-bond acceptors (Lipinski definition) is 3. The number of hydrogen-bond donors (Lipinski definition) is 1. The molecular weight excluding hydrogens is 302 g/mol. The van der Waals surface area contributed by atoms with Crippen LogP contribution in [0, 0.1) is 6.92 Å². The van der Waals surface area contributed by atoms with Crippen LogP contribution in [-0.4, -0.2) is 18.8 Å². The highest BCUT2D eigenvalue weighted by molar-refractivity contribution is 5.97. The highest BCUT2D eigenvalue weighted by atomic mass is 16.5. The summed E-state index contributed by atoms with van der Waals surface area (Å²) in [5, 5.41) is 2.93. The summed E-state index contributed by atoms with van der Waals surface area (Å²) >= 11 is 0. The lowest BCUT2D eigenvalue weighted by atomic mass is 10.0. The van der Waals surface area contributed by atoms with Crippen LogP contribution in [0.15, 0.2) is 48.5 Å². The van der Waals surface area contributed by atoms with Crippen LogP contribution in [0.5, 0.6) is 5.75 Å². The minimum absolute atomic E-state index is 0.0217. The van der Waals surface area contributed by atoms with Gasteiger partial charge in [-0.1, -0.05) is 48.0 Å². The SMILES string of the molecule is COc1ccc(C)cc1[C@@H](C)NC(=O)CCC(=O)c1ccccc1. The van der Waals surface area contributed by atoms with Gasteiger partial charge in [0.05, 0.1) is 13.2 Å². The molecule has 0 saturated heterocycles. The van der Waals surface area contributed by atoms with Gasteiger partial charge in [-0.2, -0.15) is 0 Å². The molecule has 0 fully saturated rings. The monoisotopic (exact) mass is 325 g/mol. The second-order valence-corrected chi connectivity index (χ2v) is 5.82. The minimum atomic E-state index is -0.181. The van der Waals surface area contributed by atoms with E-state index >= 15 is 0 Å². The van der Waals surface area contributed by atoms with E-state index in [4.69, 9.17) is 4.74 Å². The van der Waals surface area contributed by atoms with Crippen LogP contribution < -0.4 is 10.1 Å². The number of carbonyl (C=O) groups excluding carboxylic acids is 2. The lowest BCUT2D eigenvalue weighted by molar-refractivity contribution is -0.121. The third-order valence-electron chi connectivity index (χ3n) is 3.90. The molecule has 0 spiro atoms. The van der Waals surface area contributed by atoms with Crippen LogP contribution in [0.25, 0.3) is 0 Å². The summed E-state index contributed by atoms with van der Waals surface area (Å²) in [6, 6.07) is 14.7. The Balaban J connectivity index is 1.92. The van der Waals surface area contributed by atoms with Crippen LogP contribution in [-0.2, 0) is 4.79 Å². The summed E-state index contributed by atoms with van der Waals surface area (Å²) in [4.78, 5) is 24.2. The molecule has 0 saturated carbocycles. The quantitative estimate of drug-likeness (QED) is 0.787. The van der Waals surface area contributed by atoms with Crippen LogP contribution in [0.4, 0.5) is 0 Å². The molecule has 2 aromatic rings. The fraction of sp³-hybridized carbons (Fsp3) is 0.300. The lowest BCUT2D eigenvalue weighted by Gasteiger charge is -2.18. The van der Waals surface area contributed by atoms with Crippen molar-refractivity contribution in [3.63, 3.8) is 0 Å². The van der Waals surface area contributed by atoms with Crippen molar-refractivity contribution < 1.29 is 14.3 Å². The van der Waals surface area contributed by atoms with E-state index < -0.39 is 0 Å². The molecule has 0 unspecified atom stereocenters. The molecule has 0 aliphatic carbocycles. The van der Waals surface area contributed by atoms with Gasteiger partial charge in [-0.05, 0) is 19.9 Å². The number of nitrogens with one attached hydrogen (secondary N) is 1. The summed E-state index contributed by atoms with van der Waals surface area (Å²) in [5.74, 6) is 0.579. The predicted molar refractivity (Wildman–Crippen MR) is 94.3 cm³/mol. The molecule has 4 heteroatoms. The van der Waals surface area contributed by atoms with Crippen LogP contribution >= 0.6 is 0 Å². The van der Waals surface area contributed by atoms with Crippen LogP contribution in [0.2, 0.25) is 0 Å². The number of carbonyl (C=O) groups is 2. The zero-order valence-corrected chi connectivity index (χ0v) is 14.3. The Bertz CT molecular complexity index is 710. The largest absolute Gasteiger partial charge is 0.496 e. The first kappa shape index (κ1) is 17.7. The van der Waals surface area contributed by atoms with Crippen molar-refractivity contribution in [3.05, 3.63) is 65.2 Å². The lowest BCUT2D eigenvalue weighted by Crippen LogP contribution is -2.27. The molecule has 1 amide bonds. The maximum absolute atomic E-state index is 12.1. The van der Waals surface area contributed by atoms with Crippen LogP contribution in [0.3, 0.4) is 0 Å². The molecule has 0 aliphatic heterocycles. The number of rotatable bonds is 7. The molecule has 0 bridgehead atoms. The van der Waals surface area contributed by atoms with E-state index in [1.165, 1.54) is 0 Å². The van der Waals surface area contributed by atoms with E-state index in [0.29, 0.717) is 5.56 Å². The fourth-order valence-electron chi connectivity index (χ4n) is 2.58. The average Bonchev–Trinajstić information content (AvgIpc) is 2.60. The first-order chi connectivity index (χ1) is 11.5. The second kappa shape index (κ2) is 8.29. The van der Waals surface area contributed by atoms with Gasteiger partial charge >= 0.3 is 0 Å². The van der Waals surface area contributed by atoms with Crippen LogP contribution in [0.1, 0.15) is 47.3 Å². The molecule has 0 aliphatic rings. The molecule has 0 aromatic heterocycles. The Morgan fingerprint density at radius 3 is 2.46 bits per heavy atom. The molecule has 2 rings (SSSR count). The molecule has 24 heavy (non-hydrogen) atoms. The molecule has 4 nitrogen and oxygen atoms in total. The molecule has 0 radical (unpaired) electrons. The highest BCUT2D eigenvalue weighted by Crippen LogP contribution is 2.26. The Morgan fingerprint density at radius 1 is 1.08 bits per heavy atom. The number of benzene rings is 2. The van der Waals surface area contributed by atoms with Crippen molar-refractivity contribution in [1.82, 2.24) is 5.32 Å². The number of Topliss-reactive ketones (excluding diaryl/α,β-unsaturated/α-hetero) is 1. The van der Waals surface area contributed by atoms with Crippen molar-refractivity contribution in [2.75, 3.05) is 7.11 Å². The van der Waals surface area contributed by atoms with Gasteiger partial charge in [0.15, 0.2) is 5.78 Å². The van der Waals surface area contributed by atoms with Crippen molar-refractivity contribution in [2.45, 2.75) is 32.7 Å². The zero-order valence-electron chi connectivity index (χ0n) is 14.3. The van der Waals surface area contributed by atoms with Crippen molar-refractivity contribution in [1.29, 1.82) is 0 Å². The van der Waals surface area contributed by atoms with Crippen molar-refractivity contribution >= 4 is 11.7 Å². The fourth-order valence-corrected chi connectivity index (χ4v) is 2.58. The summed E-state index contributed by atoms with van der Waals surface area (Å²) < 4.78 is 5.35. The zero-order chi connectivity index (χ0) is 17.5. The van der Waals surface area contributed by atoms with E-state index in [9.17, 15) is 9.59 Å². The van der Waals surface area contributed by atoms with E-state index in [-0.39, 0.29) is 30.6 Å². The van der Waals surface area contributed by atoms with Gasteiger partial charge in [0.2, 0.25) is 5.91 Å². The van der Waals surface area contributed by atoms with Crippen molar-refractivity contribution in [2.24, 2.45) is 0 Å². The number of amides is 1. The van der Waals surface area contributed by atoms with Gasteiger partial charge in [0.1, 0.15) is 5.75 Å². The summed E-state index contributed by atoms with van der Waals surface area (Å²) in [7, 11) is 1.61. The van der Waals surface area contributed by atoms with Gasteiger partial charge in [0.25, 0.3) is 0 Å². The Labute approximate surface area is 142 Å². The Kier molecular flexibility index (Phi) is 6.13. The van der Waals surface area contributed by atoms with E-state index in [0.717, 1.165) is 16.9 Å². The van der Waals surface area contributed by atoms with E-state index in [1.54, 1.807) is 19.2 Å². The summed E-state index contributed by atoms with van der Waals surface area (Å²) in [6.07, 6.45) is 0.375. The van der Waals surface area contributed by atoms with Gasteiger partial charge in [-0.15, -0.1) is 0 Å². The van der Waals surface area contributed by atoms with Gasteiger partial charge in [-0.3, -0.25) is 9.59 Å². The van der Waals surface area contributed by atoms with Crippen molar-refractivity contribution in [3.8, 4) is 5.75 Å². The third kappa shape index (κ3) is 4.69. The Morgan fingerprint density at radius 2 is 1.79 bits per heavy atom. The van der Waals surface area contributed by atoms with Gasteiger partial charge < -0.3 is 10.1 Å². The minimum Gasteiger partial charge on any atom is -0.496 e. The summed E-state index contributed by atoms with van der Waals surface area (Å²) in [6.45, 7) is 3.91. The molecule has 1 N–H and O–H groups in total. The summed E-state index contributed by atoms with van der Waals surface area (Å²) in [5.41, 5.74) is 2.67. The standard InChI is InChI=1S/C20H23NO3/c1-14-9-11-19(24-3)17(13-14)15(2)21-20(23)12-10-18(22)16-7-5-4-6-8-16/h4-9,11,13,15H,10,12H2,1-3H3,(H,21,23)/t15-/m1/s1. The number of methoxy groups -OCH3 is 1. The maximum Gasteiger partial charge on any atom is 0.220 e. The second-order valence-electron chi connectivity index (χ2n) is 5.82. The molecule has 0 heterocycles. The highest BCUT2D eigenvalue weighted by Gasteiger charge is 2.15. The number of aryl methyl sites for hydroxylation is 1. The third-order valence-corrected chi connectivity index (χ3v) is 3.90. The number of ketones is 1. The maximum atomic E-state index is 12.1. The van der Waals surface area contributed by atoms with Gasteiger partial charge in [-0.25, -0.2) is 0 Å². The Hall–Kier alpha value is -2.62. The first-order valence-electron chi connectivity index (χ1n) is 8.03. The van der Waals surface area contributed by atoms with Gasteiger partial charge in [0, 0.05) is 24.0 Å². The average molecular weight is 325 g/mol. The van der Waals surface area contributed by atoms with E-state index in [1.807, 2.05) is 50.2 Å². The molecule has 126 valence electrons. The molecular formula is C20H23NO3. The normalized spacial score (nSPS) is 11.6. The first-order valence-corrected chi connectivity index (χ1v) is 8.03. The topological polar surface area (TPSA) is 55.4 Å². The predicted octanol–water partition coefficient (Wildman–Crippen LogP) is 3.84. The number of ether oxygens (including phenoxy) is 1. The molecule has 1 atom stereocenters. The molecule has 2 aromatic carbocycles. The van der Waals surface area contributed by atoms with E-state index in [2.05, 4.69) is 5.32 Å².